The molecule has 2 amide bonds. The van der Waals surface area contributed by atoms with Gasteiger partial charge in [-0.1, -0.05) is 11.6 Å². The lowest BCUT2D eigenvalue weighted by Gasteiger charge is -2.36. The second-order valence-corrected chi connectivity index (χ2v) is 6.97. The number of aliphatic hydroxyl groups excluding tert-OH is 1. The van der Waals surface area contributed by atoms with Gasteiger partial charge in [-0.15, -0.1) is 0 Å². The fourth-order valence-electron chi connectivity index (χ4n) is 3.20. The van der Waals surface area contributed by atoms with E-state index in [-0.39, 0.29) is 31.4 Å². The largest absolute Gasteiger partial charge is 0.486 e. The van der Waals surface area contributed by atoms with Crippen LogP contribution in [0.3, 0.4) is 0 Å². The van der Waals surface area contributed by atoms with E-state index in [1.54, 1.807) is 17.0 Å². The number of benzene rings is 1. The van der Waals surface area contributed by atoms with Crippen LogP contribution >= 0.6 is 11.6 Å². The van der Waals surface area contributed by atoms with Crippen molar-refractivity contribution in [2.45, 2.75) is 25.0 Å². The summed E-state index contributed by atoms with van der Waals surface area (Å²) in [5.41, 5.74) is 0.650. The topological polar surface area (TPSA) is 97.3 Å². The molecule has 0 radical (unpaired) electrons. The van der Waals surface area contributed by atoms with Crippen molar-refractivity contribution >= 4 is 23.4 Å². The summed E-state index contributed by atoms with van der Waals surface area (Å²) in [4.78, 5) is 26.1. The lowest BCUT2D eigenvalue weighted by atomic mass is 10.0. The van der Waals surface area contributed by atoms with Gasteiger partial charge in [-0.3, -0.25) is 9.59 Å². The van der Waals surface area contributed by atoms with Crippen LogP contribution in [0.1, 0.15) is 12.0 Å². The predicted octanol–water partition coefficient (Wildman–Crippen LogP) is 0.378. The molecule has 1 aromatic rings. The van der Waals surface area contributed by atoms with E-state index in [2.05, 4.69) is 5.32 Å². The lowest BCUT2D eigenvalue weighted by Crippen LogP contribution is -2.57. The number of likely N-dealkylation sites (tertiary alicyclic amines) is 1. The Balaban J connectivity index is 1.64. The molecule has 0 bridgehead atoms. The van der Waals surface area contributed by atoms with Gasteiger partial charge in [0.15, 0.2) is 11.5 Å². The van der Waals surface area contributed by atoms with Crippen molar-refractivity contribution in [2.24, 2.45) is 0 Å². The first-order valence-electron chi connectivity index (χ1n) is 8.80. The molecule has 0 aromatic heterocycles. The number of carbonyl (C=O) groups excluding carboxylic acids is 2. The molecule has 9 heteroatoms. The number of piperidine rings is 1. The summed E-state index contributed by atoms with van der Waals surface area (Å²) in [6, 6.07) is 2.86. The number of fused-ring (bicyclic) bond motifs is 1. The van der Waals surface area contributed by atoms with Crippen molar-refractivity contribution in [3.8, 4) is 11.5 Å². The molecule has 8 nitrogen and oxygen atoms in total. The zero-order valence-corrected chi connectivity index (χ0v) is 15.8. The molecule has 3 rings (SSSR count). The second kappa shape index (κ2) is 8.77. The molecule has 1 fully saturated rings. The molecule has 1 saturated heterocycles. The summed E-state index contributed by atoms with van der Waals surface area (Å²) in [6.07, 6.45) is -0.212. The van der Waals surface area contributed by atoms with E-state index in [1.807, 2.05) is 0 Å². The molecule has 1 aromatic carbocycles. The van der Waals surface area contributed by atoms with E-state index in [9.17, 15) is 14.7 Å². The molecule has 27 heavy (non-hydrogen) atoms. The van der Waals surface area contributed by atoms with E-state index < -0.39 is 12.1 Å². The first kappa shape index (κ1) is 19.7. The highest BCUT2D eigenvalue weighted by molar-refractivity contribution is 6.31. The fraction of sp³-hybridized carbons (Fsp3) is 0.556. The van der Waals surface area contributed by atoms with Crippen LogP contribution in [-0.2, 0) is 20.7 Å². The van der Waals surface area contributed by atoms with Crippen LogP contribution in [0.4, 0.5) is 0 Å². The molecular formula is C18H23ClN2O6. The van der Waals surface area contributed by atoms with Crippen molar-refractivity contribution in [1.82, 2.24) is 10.2 Å². The number of carbonyl (C=O) groups is 2. The number of rotatable bonds is 5. The van der Waals surface area contributed by atoms with Crippen LogP contribution in [0.2, 0.25) is 5.02 Å². The molecule has 0 saturated carbocycles. The maximum atomic E-state index is 12.7. The summed E-state index contributed by atoms with van der Waals surface area (Å²) in [5, 5.41) is 13.2. The van der Waals surface area contributed by atoms with Gasteiger partial charge in [0.25, 0.3) is 0 Å². The predicted molar refractivity (Wildman–Crippen MR) is 97.2 cm³/mol. The SMILES string of the molecule is COCC(=O)N[C@@H]1CN(C(=O)Cc2cc3c(cc2Cl)OCCO3)CC[C@@H]1O. The van der Waals surface area contributed by atoms with E-state index in [0.29, 0.717) is 48.3 Å². The van der Waals surface area contributed by atoms with Crippen molar-refractivity contribution in [2.75, 3.05) is 40.0 Å². The summed E-state index contributed by atoms with van der Waals surface area (Å²) < 4.78 is 15.8. The Kier molecular flexibility index (Phi) is 6.41. The number of nitrogens with one attached hydrogen (secondary N) is 1. The molecule has 148 valence electrons. The highest BCUT2D eigenvalue weighted by Crippen LogP contribution is 2.35. The van der Waals surface area contributed by atoms with Crippen molar-refractivity contribution in [1.29, 1.82) is 0 Å². The molecule has 0 unspecified atom stereocenters. The number of amides is 2. The third-order valence-corrected chi connectivity index (χ3v) is 4.96. The Bertz CT molecular complexity index is 713. The van der Waals surface area contributed by atoms with Crippen LogP contribution in [0.15, 0.2) is 12.1 Å². The van der Waals surface area contributed by atoms with Gasteiger partial charge < -0.3 is 29.5 Å². The minimum absolute atomic E-state index is 0.0933. The first-order chi connectivity index (χ1) is 13.0. The molecule has 2 atom stereocenters. The number of hydrogen-bond donors (Lipinski definition) is 2. The van der Waals surface area contributed by atoms with Gasteiger partial charge in [0, 0.05) is 31.3 Å². The quantitative estimate of drug-likeness (QED) is 0.744. The van der Waals surface area contributed by atoms with Gasteiger partial charge in [-0.05, 0) is 18.1 Å². The van der Waals surface area contributed by atoms with E-state index in [1.165, 1.54) is 7.11 Å². The normalized spacial score (nSPS) is 21.7. The number of methoxy groups -OCH3 is 1. The third-order valence-electron chi connectivity index (χ3n) is 4.60. The molecule has 0 spiro atoms. The first-order valence-corrected chi connectivity index (χ1v) is 9.18. The molecular weight excluding hydrogens is 376 g/mol. The van der Waals surface area contributed by atoms with Crippen molar-refractivity contribution in [3.63, 3.8) is 0 Å². The highest BCUT2D eigenvalue weighted by atomic mass is 35.5. The summed E-state index contributed by atoms with van der Waals surface area (Å²) >= 11 is 6.28. The Morgan fingerprint density at radius 2 is 2.04 bits per heavy atom. The number of nitrogens with zero attached hydrogens (tertiary/aromatic N) is 1. The molecule has 2 heterocycles. The van der Waals surface area contributed by atoms with Gasteiger partial charge >= 0.3 is 0 Å². The molecule has 2 aliphatic heterocycles. The average Bonchev–Trinajstić information content (AvgIpc) is 2.64. The van der Waals surface area contributed by atoms with Crippen LogP contribution < -0.4 is 14.8 Å². The van der Waals surface area contributed by atoms with Crippen LogP contribution in [0, 0.1) is 0 Å². The van der Waals surface area contributed by atoms with E-state index >= 15 is 0 Å². The Morgan fingerprint density at radius 3 is 2.74 bits per heavy atom. The maximum Gasteiger partial charge on any atom is 0.246 e. The van der Waals surface area contributed by atoms with Gasteiger partial charge in [-0.25, -0.2) is 0 Å². The zero-order chi connectivity index (χ0) is 19.4. The Morgan fingerprint density at radius 1 is 1.33 bits per heavy atom. The molecule has 2 aliphatic rings. The minimum atomic E-state index is -0.701. The van der Waals surface area contributed by atoms with E-state index in [4.69, 9.17) is 25.8 Å². The van der Waals surface area contributed by atoms with Gasteiger partial charge in [0.2, 0.25) is 11.8 Å². The Labute approximate surface area is 162 Å². The van der Waals surface area contributed by atoms with Crippen LogP contribution in [-0.4, -0.2) is 74.0 Å². The lowest BCUT2D eigenvalue weighted by molar-refractivity contribution is -0.135. The van der Waals surface area contributed by atoms with Crippen molar-refractivity contribution < 1.29 is 28.9 Å². The van der Waals surface area contributed by atoms with Crippen LogP contribution in [0.5, 0.6) is 11.5 Å². The van der Waals surface area contributed by atoms with Crippen LogP contribution in [0.25, 0.3) is 0 Å². The van der Waals surface area contributed by atoms with Gasteiger partial charge in [0.05, 0.1) is 18.6 Å². The number of halogens is 1. The fourth-order valence-corrected chi connectivity index (χ4v) is 3.42. The smallest absolute Gasteiger partial charge is 0.246 e. The summed E-state index contributed by atoms with van der Waals surface area (Å²) in [5.74, 6) is 0.689. The van der Waals surface area contributed by atoms with E-state index in [0.717, 1.165) is 0 Å². The van der Waals surface area contributed by atoms with Gasteiger partial charge in [-0.2, -0.15) is 0 Å². The van der Waals surface area contributed by atoms with Crippen molar-refractivity contribution in [3.05, 3.63) is 22.7 Å². The Hall–Kier alpha value is -2.03. The third kappa shape index (κ3) is 4.82. The highest BCUT2D eigenvalue weighted by Gasteiger charge is 2.31. The standard InChI is InChI=1S/C18H23ClN2O6/c1-25-10-17(23)20-13-9-21(3-2-14(13)22)18(24)7-11-6-15-16(8-12(11)19)27-5-4-26-15/h6,8,13-14,22H,2-5,7,9-10H2,1H3,(H,20,23)/t13-,14+/m1/s1. The second-order valence-electron chi connectivity index (χ2n) is 6.57. The maximum absolute atomic E-state index is 12.7. The monoisotopic (exact) mass is 398 g/mol. The summed E-state index contributed by atoms with van der Waals surface area (Å²) in [6.45, 7) is 1.48. The zero-order valence-electron chi connectivity index (χ0n) is 15.1. The van der Waals surface area contributed by atoms with Gasteiger partial charge in [0.1, 0.15) is 19.8 Å². The minimum Gasteiger partial charge on any atom is -0.486 e. The summed E-state index contributed by atoms with van der Waals surface area (Å²) in [7, 11) is 1.42. The average molecular weight is 399 g/mol. The number of ether oxygens (including phenoxy) is 3. The molecule has 2 N–H and O–H groups in total. The number of hydrogen-bond acceptors (Lipinski definition) is 6. The molecule has 0 aliphatic carbocycles. The number of aliphatic hydroxyl groups is 1.